The Balaban J connectivity index is 1.73. The van der Waals surface area contributed by atoms with Gasteiger partial charge in [-0.15, -0.1) is 0 Å². The van der Waals surface area contributed by atoms with Crippen molar-refractivity contribution in [2.24, 2.45) is 0 Å². The van der Waals surface area contributed by atoms with Gasteiger partial charge in [0.05, 0.1) is 0 Å². The number of imide groups is 1. The van der Waals surface area contributed by atoms with Gasteiger partial charge in [0.1, 0.15) is 0 Å². The van der Waals surface area contributed by atoms with E-state index in [-0.39, 0.29) is 11.8 Å². The molecule has 0 radical (unpaired) electrons. The van der Waals surface area contributed by atoms with Crippen LogP contribution in [0.4, 0.5) is 0 Å². The first-order chi connectivity index (χ1) is 14.3. The van der Waals surface area contributed by atoms with Crippen LogP contribution in [-0.2, 0) is 9.59 Å². The van der Waals surface area contributed by atoms with Crippen LogP contribution in [0, 0.1) is 0 Å². The molecule has 4 heteroatoms. The predicted octanol–water partition coefficient (Wildman–Crippen LogP) is 5.93. The fraction of sp³-hybridized carbons (Fsp3) is 0.760. The molecule has 0 aromatic carbocycles. The van der Waals surface area contributed by atoms with Gasteiger partial charge in [0.15, 0.2) is 0 Å². The predicted molar refractivity (Wildman–Crippen MR) is 123 cm³/mol. The van der Waals surface area contributed by atoms with E-state index >= 15 is 0 Å². The van der Waals surface area contributed by atoms with Gasteiger partial charge in [-0.3, -0.25) is 14.5 Å². The lowest BCUT2D eigenvalue weighted by atomic mass is 10.1. The Morgan fingerprint density at radius 1 is 0.690 bits per heavy atom. The largest absolute Gasteiger partial charge is 0.317 e. The third-order valence-electron chi connectivity index (χ3n) is 5.50. The minimum Gasteiger partial charge on any atom is -0.317 e. The number of nitrogens with one attached hydrogen (secondary N) is 1. The summed E-state index contributed by atoms with van der Waals surface area (Å²) >= 11 is 0. The Hall–Kier alpha value is -1.42. The van der Waals surface area contributed by atoms with Gasteiger partial charge in [0.2, 0.25) is 0 Å². The fourth-order valence-electron chi connectivity index (χ4n) is 3.64. The second kappa shape index (κ2) is 18.6. The zero-order valence-corrected chi connectivity index (χ0v) is 18.8. The van der Waals surface area contributed by atoms with Gasteiger partial charge >= 0.3 is 0 Å². The Morgan fingerprint density at radius 3 is 1.76 bits per heavy atom. The molecule has 4 nitrogen and oxygen atoms in total. The minimum atomic E-state index is -0.178. The Kier molecular flexibility index (Phi) is 16.4. The standard InChI is InChI=1S/C25H44N2O2/c1-2-3-4-5-6-7-8-9-10-11-12-13-14-15-16-17-21-26-22-18-23-27-24(28)19-20-25(27)29/h9-10,19-20,26H,2-8,11-18,21-23H2,1H3/b10-9+. The quantitative estimate of drug-likeness (QED) is 0.155. The van der Waals surface area contributed by atoms with Gasteiger partial charge in [0, 0.05) is 18.7 Å². The highest BCUT2D eigenvalue weighted by Crippen LogP contribution is 2.10. The number of rotatable bonds is 20. The molecule has 1 aliphatic rings. The highest BCUT2D eigenvalue weighted by molar-refractivity contribution is 6.12. The maximum atomic E-state index is 11.4. The van der Waals surface area contributed by atoms with Crippen LogP contribution in [0.1, 0.15) is 103 Å². The van der Waals surface area contributed by atoms with Gasteiger partial charge in [-0.05, 0) is 51.6 Å². The molecule has 0 aromatic rings. The maximum absolute atomic E-state index is 11.4. The number of nitrogens with zero attached hydrogens (tertiary/aromatic N) is 1. The molecule has 0 fully saturated rings. The van der Waals surface area contributed by atoms with Crippen LogP contribution in [0.25, 0.3) is 0 Å². The average molecular weight is 405 g/mol. The van der Waals surface area contributed by atoms with E-state index in [2.05, 4.69) is 24.4 Å². The second-order valence-electron chi connectivity index (χ2n) is 8.20. The maximum Gasteiger partial charge on any atom is 0.253 e. The summed E-state index contributed by atoms with van der Waals surface area (Å²) in [4.78, 5) is 24.1. The molecule has 2 amide bonds. The summed E-state index contributed by atoms with van der Waals surface area (Å²) in [6.07, 6.45) is 27.0. The fourth-order valence-corrected chi connectivity index (χ4v) is 3.64. The smallest absolute Gasteiger partial charge is 0.253 e. The summed E-state index contributed by atoms with van der Waals surface area (Å²) in [6, 6.07) is 0. The molecule has 0 spiro atoms. The topological polar surface area (TPSA) is 49.4 Å². The van der Waals surface area contributed by atoms with Crippen LogP contribution in [0.3, 0.4) is 0 Å². The van der Waals surface area contributed by atoms with Gasteiger partial charge in [0.25, 0.3) is 11.8 Å². The Bertz CT molecular complexity index is 467. The van der Waals surface area contributed by atoms with Crippen molar-refractivity contribution in [3.8, 4) is 0 Å². The van der Waals surface area contributed by atoms with E-state index in [0.717, 1.165) is 19.5 Å². The zero-order valence-electron chi connectivity index (χ0n) is 18.8. The van der Waals surface area contributed by atoms with Crippen LogP contribution in [-0.4, -0.2) is 36.3 Å². The minimum absolute atomic E-state index is 0.178. The Labute approximate surface area is 179 Å². The lowest BCUT2D eigenvalue weighted by Gasteiger charge is -2.13. The van der Waals surface area contributed by atoms with E-state index < -0.39 is 0 Å². The summed E-state index contributed by atoms with van der Waals surface area (Å²) < 4.78 is 0. The van der Waals surface area contributed by atoms with Crippen molar-refractivity contribution in [1.82, 2.24) is 10.2 Å². The average Bonchev–Trinajstić information content (AvgIpc) is 3.04. The summed E-state index contributed by atoms with van der Waals surface area (Å²) in [7, 11) is 0. The third kappa shape index (κ3) is 14.2. The molecule has 1 N–H and O–H groups in total. The summed E-state index contributed by atoms with van der Waals surface area (Å²) in [5.74, 6) is -0.355. The van der Waals surface area contributed by atoms with E-state index in [1.807, 2.05) is 0 Å². The van der Waals surface area contributed by atoms with Crippen molar-refractivity contribution in [2.75, 3.05) is 19.6 Å². The molecule has 0 bridgehead atoms. The van der Waals surface area contributed by atoms with Gasteiger partial charge < -0.3 is 5.32 Å². The van der Waals surface area contributed by atoms with Crippen molar-refractivity contribution in [2.45, 2.75) is 103 Å². The van der Waals surface area contributed by atoms with E-state index in [1.54, 1.807) is 0 Å². The molecule has 166 valence electrons. The van der Waals surface area contributed by atoms with Gasteiger partial charge in [-0.2, -0.15) is 0 Å². The van der Waals surface area contributed by atoms with E-state index in [1.165, 1.54) is 107 Å². The molecule has 0 aromatic heterocycles. The lowest BCUT2D eigenvalue weighted by Crippen LogP contribution is -2.32. The van der Waals surface area contributed by atoms with Crippen molar-refractivity contribution in [1.29, 1.82) is 0 Å². The van der Waals surface area contributed by atoms with Crippen LogP contribution < -0.4 is 5.32 Å². The van der Waals surface area contributed by atoms with Gasteiger partial charge in [-0.1, -0.05) is 76.9 Å². The first-order valence-corrected chi connectivity index (χ1v) is 12.1. The molecule has 1 rings (SSSR count). The van der Waals surface area contributed by atoms with Crippen LogP contribution in [0.5, 0.6) is 0 Å². The first kappa shape index (κ1) is 25.6. The molecular formula is C25H44N2O2. The van der Waals surface area contributed by atoms with Crippen LogP contribution in [0.2, 0.25) is 0 Å². The molecule has 0 aliphatic carbocycles. The number of carbonyl (C=O) groups excluding carboxylic acids is 2. The molecule has 0 unspecified atom stereocenters. The molecule has 0 saturated carbocycles. The third-order valence-corrected chi connectivity index (χ3v) is 5.50. The lowest BCUT2D eigenvalue weighted by molar-refractivity contribution is -0.136. The van der Waals surface area contributed by atoms with Crippen molar-refractivity contribution in [3.05, 3.63) is 24.3 Å². The van der Waals surface area contributed by atoms with E-state index in [4.69, 9.17) is 0 Å². The molecule has 0 saturated heterocycles. The Morgan fingerprint density at radius 2 is 1.17 bits per heavy atom. The number of amides is 2. The van der Waals surface area contributed by atoms with Crippen LogP contribution >= 0.6 is 0 Å². The number of hydrogen-bond acceptors (Lipinski definition) is 3. The monoisotopic (exact) mass is 404 g/mol. The van der Waals surface area contributed by atoms with Gasteiger partial charge in [-0.25, -0.2) is 0 Å². The number of unbranched alkanes of at least 4 members (excludes halogenated alkanes) is 12. The van der Waals surface area contributed by atoms with Crippen LogP contribution in [0.15, 0.2) is 24.3 Å². The molecule has 29 heavy (non-hydrogen) atoms. The molecular weight excluding hydrogens is 360 g/mol. The molecule has 1 heterocycles. The van der Waals surface area contributed by atoms with E-state index in [9.17, 15) is 9.59 Å². The van der Waals surface area contributed by atoms with Crippen molar-refractivity contribution >= 4 is 11.8 Å². The number of allylic oxidation sites excluding steroid dienone is 2. The van der Waals surface area contributed by atoms with E-state index in [0.29, 0.717) is 6.54 Å². The highest BCUT2D eigenvalue weighted by Gasteiger charge is 2.21. The van der Waals surface area contributed by atoms with Crippen molar-refractivity contribution < 1.29 is 9.59 Å². The second-order valence-corrected chi connectivity index (χ2v) is 8.20. The first-order valence-electron chi connectivity index (χ1n) is 12.1. The molecule has 0 atom stereocenters. The van der Waals surface area contributed by atoms with Crippen molar-refractivity contribution in [3.63, 3.8) is 0 Å². The normalized spacial score (nSPS) is 14.0. The summed E-state index contributed by atoms with van der Waals surface area (Å²) in [5, 5.41) is 3.41. The number of carbonyl (C=O) groups is 2. The molecule has 1 aliphatic heterocycles. The summed E-state index contributed by atoms with van der Waals surface area (Å²) in [6.45, 7) is 4.68. The SMILES string of the molecule is CCCCCCCC/C=C/CCCCCCCCNCCCN1C(=O)C=CC1=O. The summed E-state index contributed by atoms with van der Waals surface area (Å²) in [5.41, 5.74) is 0. The number of hydrogen-bond donors (Lipinski definition) is 1. The highest BCUT2D eigenvalue weighted by atomic mass is 16.2. The zero-order chi connectivity index (χ0) is 21.0.